The lowest BCUT2D eigenvalue weighted by atomic mass is 10.0. The first-order valence-electron chi connectivity index (χ1n) is 6.69. The van der Waals surface area contributed by atoms with Gasteiger partial charge in [0.05, 0.1) is 17.5 Å². The number of hydrogen-bond acceptors (Lipinski definition) is 3. The molecule has 5 heteroatoms. The molecule has 1 aromatic rings. The Hall–Kier alpha value is -1.77. The Bertz CT molecular complexity index is 516. The lowest BCUT2D eigenvalue weighted by Gasteiger charge is -2.23. The molecule has 0 fully saturated rings. The molecule has 0 saturated carbocycles. The third-order valence-electron chi connectivity index (χ3n) is 2.67. The van der Waals surface area contributed by atoms with Gasteiger partial charge < -0.3 is 10.1 Å². The molecule has 0 heterocycles. The fourth-order valence-corrected chi connectivity index (χ4v) is 1.99. The van der Waals surface area contributed by atoms with E-state index in [-0.39, 0.29) is 5.88 Å². The number of benzene rings is 1. The molecule has 114 valence electrons. The number of ether oxygens (including phenoxy) is 1. The zero-order valence-corrected chi connectivity index (χ0v) is 13.2. The summed E-state index contributed by atoms with van der Waals surface area (Å²) in [4.78, 5) is 22.9. The minimum atomic E-state index is -0.604. The van der Waals surface area contributed by atoms with E-state index in [1.807, 2.05) is 30.3 Å². The Labute approximate surface area is 130 Å². The molecule has 0 bridgehead atoms. The predicted molar refractivity (Wildman–Crippen MR) is 83.2 cm³/mol. The third kappa shape index (κ3) is 6.48. The van der Waals surface area contributed by atoms with E-state index in [0.717, 1.165) is 5.56 Å². The van der Waals surface area contributed by atoms with E-state index in [9.17, 15) is 9.59 Å². The fourth-order valence-electron chi connectivity index (χ4n) is 1.75. The van der Waals surface area contributed by atoms with Gasteiger partial charge in [0.1, 0.15) is 11.5 Å². The van der Waals surface area contributed by atoms with Gasteiger partial charge in [0.25, 0.3) is 0 Å². The summed E-state index contributed by atoms with van der Waals surface area (Å²) in [6.45, 7) is 5.32. The summed E-state index contributed by atoms with van der Waals surface area (Å²) in [6, 6.07) is 8.99. The van der Waals surface area contributed by atoms with Crippen LogP contribution < -0.4 is 5.32 Å². The van der Waals surface area contributed by atoms with Gasteiger partial charge in [-0.05, 0) is 32.8 Å². The number of amides is 1. The number of carbonyl (C=O) groups is 1. The van der Waals surface area contributed by atoms with Crippen LogP contribution in [0.2, 0.25) is 0 Å². The highest BCUT2D eigenvalue weighted by Gasteiger charge is 2.22. The van der Waals surface area contributed by atoms with E-state index in [0.29, 0.717) is 12.0 Å². The van der Waals surface area contributed by atoms with E-state index in [4.69, 9.17) is 16.3 Å². The zero-order valence-electron chi connectivity index (χ0n) is 12.5. The van der Waals surface area contributed by atoms with Crippen LogP contribution in [0.4, 0.5) is 4.79 Å². The second kappa shape index (κ2) is 7.87. The smallest absolute Gasteiger partial charge is 0.408 e. The lowest BCUT2D eigenvalue weighted by Crippen LogP contribution is -2.41. The molecule has 1 amide bonds. The molecule has 0 aliphatic heterocycles. The van der Waals surface area contributed by atoms with Crippen molar-refractivity contribution in [3.63, 3.8) is 0 Å². The molecule has 4 nitrogen and oxygen atoms in total. The first-order chi connectivity index (χ1) is 9.85. The predicted octanol–water partition coefficient (Wildman–Crippen LogP) is 3.12. The molecular formula is C16H20ClNO3. The largest absolute Gasteiger partial charge is 0.444 e. The second-order valence-electron chi connectivity index (χ2n) is 5.65. The van der Waals surface area contributed by atoms with Gasteiger partial charge in [-0.3, -0.25) is 0 Å². The van der Waals surface area contributed by atoms with Crippen molar-refractivity contribution in [2.24, 2.45) is 0 Å². The maximum atomic E-state index is 11.9. The molecule has 0 aromatic heterocycles. The molecular weight excluding hydrogens is 290 g/mol. The van der Waals surface area contributed by atoms with Gasteiger partial charge in [0, 0.05) is 0 Å². The molecule has 1 rings (SSSR count). The van der Waals surface area contributed by atoms with Crippen molar-refractivity contribution in [1.29, 1.82) is 0 Å². The Balaban J connectivity index is 2.83. The van der Waals surface area contributed by atoms with Gasteiger partial charge in [-0.15, -0.1) is 11.6 Å². The lowest BCUT2D eigenvalue weighted by molar-refractivity contribution is 0.0512. The van der Waals surface area contributed by atoms with E-state index < -0.39 is 17.7 Å². The molecule has 0 aliphatic carbocycles. The molecule has 0 aliphatic rings. The van der Waals surface area contributed by atoms with E-state index in [1.165, 1.54) is 0 Å². The first kappa shape index (κ1) is 17.3. The first-order valence-corrected chi connectivity index (χ1v) is 7.22. The highest BCUT2D eigenvalue weighted by molar-refractivity contribution is 6.20. The number of alkyl halides is 1. The number of nitrogens with one attached hydrogen (secondary N) is 1. The molecule has 0 radical (unpaired) electrons. The van der Waals surface area contributed by atoms with Crippen LogP contribution in [0.3, 0.4) is 0 Å². The van der Waals surface area contributed by atoms with E-state index in [1.54, 1.807) is 26.7 Å². The standard InChI is InChI=1S/C16H20ClNO3/c1-16(2,3)21-15(20)18-14(13(10-17)11-19)9-12-7-5-4-6-8-12/h4-8,14H,9-10H2,1-3H3,(H,18,20)/t14-/m0/s1. The van der Waals surface area contributed by atoms with Gasteiger partial charge in [-0.1, -0.05) is 30.3 Å². The Morgan fingerprint density at radius 1 is 1.33 bits per heavy atom. The van der Waals surface area contributed by atoms with Crippen molar-refractivity contribution < 1.29 is 14.3 Å². The Morgan fingerprint density at radius 3 is 2.43 bits per heavy atom. The normalized spacial score (nSPS) is 12.2. The molecule has 1 atom stereocenters. The summed E-state index contributed by atoms with van der Waals surface area (Å²) in [6.07, 6.45) is -0.126. The van der Waals surface area contributed by atoms with Crippen LogP contribution in [-0.2, 0) is 16.0 Å². The van der Waals surface area contributed by atoms with Crippen LogP contribution in [0.15, 0.2) is 35.9 Å². The van der Waals surface area contributed by atoms with Crippen LogP contribution in [0.1, 0.15) is 26.3 Å². The molecule has 21 heavy (non-hydrogen) atoms. The number of alkyl carbamates (subject to hydrolysis) is 1. The van der Waals surface area contributed by atoms with E-state index >= 15 is 0 Å². The molecule has 0 unspecified atom stereocenters. The van der Waals surface area contributed by atoms with Crippen molar-refractivity contribution in [3.8, 4) is 0 Å². The summed E-state index contributed by atoms with van der Waals surface area (Å²) in [7, 11) is 0. The van der Waals surface area contributed by atoms with Crippen molar-refractivity contribution in [2.45, 2.75) is 38.8 Å². The van der Waals surface area contributed by atoms with Gasteiger partial charge in [-0.25, -0.2) is 9.59 Å². The summed E-state index contributed by atoms with van der Waals surface area (Å²) in [5, 5.41) is 2.68. The minimum Gasteiger partial charge on any atom is -0.444 e. The maximum absolute atomic E-state index is 11.9. The highest BCUT2D eigenvalue weighted by atomic mass is 35.5. The quantitative estimate of drug-likeness (QED) is 0.671. The van der Waals surface area contributed by atoms with Crippen molar-refractivity contribution in [3.05, 3.63) is 41.5 Å². The number of rotatable bonds is 5. The average molecular weight is 310 g/mol. The van der Waals surface area contributed by atoms with Gasteiger partial charge in [-0.2, -0.15) is 0 Å². The van der Waals surface area contributed by atoms with Gasteiger partial charge in [0.2, 0.25) is 0 Å². The van der Waals surface area contributed by atoms with Crippen molar-refractivity contribution in [2.75, 3.05) is 5.88 Å². The number of hydrogen-bond donors (Lipinski definition) is 1. The summed E-state index contributed by atoms with van der Waals surface area (Å²) in [5.74, 6) is 1.82. The summed E-state index contributed by atoms with van der Waals surface area (Å²) >= 11 is 5.75. The van der Waals surface area contributed by atoms with Crippen molar-refractivity contribution >= 4 is 23.6 Å². The van der Waals surface area contributed by atoms with Crippen LogP contribution in [0, 0.1) is 0 Å². The summed E-state index contributed by atoms with van der Waals surface area (Å²) in [5.41, 5.74) is 0.677. The Kier molecular flexibility index (Phi) is 6.47. The number of halogens is 1. The summed E-state index contributed by atoms with van der Waals surface area (Å²) < 4.78 is 5.21. The van der Waals surface area contributed by atoms with Crippen LogP contribution in [-0.4, -0.2) is 29.6 Å². The monoisotopic (exact) mass is 309 g/mol. The van der Waals surface area contributed by atoms with Crippen LogP contribution >= 0.6 is 11.6 Å². The SMILES string of the molecule is CC(C)(C)OC(=O)N[C@@H](Cc1ccccc1)C(=C=O)CCl. The average Bonchev–Trinajstić information content (AvgIpc) is 2.39. The highest BCUT2D eigenvalue weighted by Crippen LogP contribution is 2.12. The fraction of sp³-hybridized carbons (Fsp3) is 0.438. The maximum Gasteiger partial charge on any atom is 0.408 e. The van der Waals surface area contributed by atoms with Gasteiger partial charge in [0.15, 0.2) is 0 Å². The Morgan fingerprint density at radius 2 is 1.95 bits per heavy atom. The molecule has 0 spiro atoms. The molecule has 1 aromatic carbocycles. The minimum absolute atomic E-state index is 0.0107. The van der Waals surface area contributed by atoms with E-state index in [2.05, 4.69) is 5.32 Å². The second-order valence-corrected chi connectivity index (χ2v) is 5.92. The van der Waals surface area contributed by atoms with Crippen LogP contribution in [0.5, 0.6) is 0 Å². The van der Waals surface area contributed by atoms with Crippen molar-refractivity contribution in [1.82, 2.24) is 5.32 Å². The molecule has 0 saturated heterocycles. The van der Waals surface area contributed by atoms with Gasteiger partial charge >= 0.3 is 6.09 Å². The third-order valence-corrected chi connectivity index (χ3v) is 2.96. The zero-order chi connectivity index (χ0) is 15.9. The van der Waals surface area contributed by atoms with Crippen LogP contribution in [0.25, 0.3) is 0 Å². The topological polar surface area (TPSA) is 55.4 Å². The number of carbonyl (C=O) groups excluding carboxylic acids is 2. The molecule has 1 N–H and O–H groups in total.